The second kappa shape index (κ2) is 9.90. The standard InChI is InChI=1S/C23H27ClO4S/c1-14-9-21(26)20(7-5-15-10-16(13-25)12-17(24)11-15)19(14)4-2-3-18-6-8-22(29-18)23(27)28/h5-8,10-12,14,19-21,25-26H,2-4,9,13H2,1H3,(H,27,28)/b7-5+/t14-,19+,20-,21-/m1/s1. The van der Waals surface area contributed by atoms with Crippen LogP contribution < -0.4 is 0 Å². The summed E-state index contributed by atoms with van der Waals surface area (Å²) >= 11 is 7.46. The lowest BCUT2D eigenvalue weighted by Gasteiger charge is -2.21. The van der Waals surface area contributed by atoms with Gasteiger partial charge >= 0.3 is 5.97 Å². The molecule has 3 rings (SSSR count). The van der Waals surface area contributed by atoms with E-state index >= 15 is 0 Å². The molecule has 1 fully saturated rings. The number of carbonyl (C=O) groups is 1. The first kappa shape index (κ1) is 22.0. The highest BCUT2D eigenvalue weighted by atomic mass is 35.5. The van der Waals surface area contributed by atoms with Crippen molar-refractivity contribution >= 4 is 35.0 Å². The second-order valence-electron chi connectivity index (χ2n) is 7.89. The van der Waals surface area contributed by atoms with Crippen molar-refractivity contribution in [2.45, 2.75) is 45.3 Å². The van der Waals surface area contributed by atoms with Crippen LogP contribution in [-0.2, 0) is 13.0 Å². The van der Waals surface area contributed by atoms with E-state index in [9.17, 15) is 15.0 Å². The Morgan fingerprint density at radius 3 is 2.79 bits per heavy atom. The molecule has 4 nitrogen and oxygen atoms in total. The summed E-state index contributed by atoms with van der Waals surface area (Å²) in [6.07, 6.45) is 7.33. The molecule has 2 aromatic rings. The van der Waals surface area contributed by atoms with Gasteiger partial charge in [-0.1, -0.05) is 30.7 Å². The maximum absolute atomic E-state index is 11.0. The van der Waals surface area contributed by atoms with Gasteiger partial charge in [0.05, 0.1) is 12.7 Å². The minimum Gasteiger partial charge on any atom is -0.477 e. The molecule has 1 aromatic carbocycles. The topological polar surface area (TPSA) is 77.8 Å². The first-order valence-corrected chi connectivity index (χ1v) is 11.2. The van der Waals surface area contributed by atoms with Gasteiger partial charge in [0, 0.05) is 15.8 Å². The highest BCUT2D eigenvalue weighted by Gasteiger charge is 2.38. The predicted molar refractivity (Wildman–Crippen MR) is 117 cm³/mol. The van der Waals surface area contributed by atoms with E-state index in [-0.39, 0.29) is 18.6 Å². The Morgan fingerprint density at radius 1 is 1.31 bits per heavy atom. The number of aliphatic hydroxyl groups is 2. The Balaban J connectivity index is 1.63. The number of aromatic carboxylic acids is 1. The van der Waals surface area contributed by atoms with Crippen LogP contribution in [0.5, 0.6) is 0 Å². The lowest BCUT2D eigenvalue weighted by Crippen LogP contribution is -2.18. The van der Waals surface area contributed by atoms with Crippen molar-refractivity contribution in [1.82, 2.24) is 0 Å². The zero-order chi connectivity index (χ0) is 21.0. The molecule has 0 bridgehead atoms. The molecular formula is C23H27ClO4S. The van der Waals surface area contributed by atoms with Crippen molar-refractivity contribution in [3.05, 3.63) is 62.3 Å². The zero-order valence-electron chi connectivity index (χ0n) is 16.4. The Morgan fingerprint density at radius 2 is 2.10 bits per heavy atom. The van der Waals surface area contributed by atoms with E-state index < -0.39 is 5.97 Å². The maximum Gasteiger partial charge on any atom is 0.345 e. The van der Waals surface area contributed by atoms with Crippen molar-refractivity contribution in [2.24, 2.45) is 17.8 Å². The molecule has 0 amide bonds. The Kier molecular flexibility index (Phi) is 7.52. The molecule has 1 saturated carbocycles. The Hall–Kier alpha value is -1.66. The largest absolute Gasteiger partial charge is 0.477 e. The molecule has 1 heterocycles. The third-order valence-corrected chi connectivity index (χ3v) is 7.14. The van der Waals surface area contributed by atoms with Gasteiger partial charge in [-0.25, -0.2) is 4.79 Å². The molecular weight excluding hydrogens is 408 g/mol. The van der Waals surface area contributed by atoms with Gasteiger partial charge in [-0.2, -0.15) is 0 Å². The van der Waals surface area contributed by atoms with E-state index in [1.807, 2.05) is 24.3 Å². The second-order valence-corrected chi connectivity index (χ2v) is 9.50. The molecule has 1 aromatic heterocycles. The number of aryl methyl sites for hydroxylation is 1. The minimum absolute atomic E-state index is 0.0561. The summed E-state index contributed by atoms with van der Waals surface area (Å²) < 4.78 is 0. The van der Waals surface area contributed by atoms with Gasteiger partial charge in [-0.15, -0.1) is 11.3 Å². The summed E-state index contributed by atoms with van der Waals surface area (Å²) in [6.45, 7) is 2.14. The van der Waals surface area contributed by atoms with Crippen molar-refractivity contribution in [3.8, 4) is 0 Å². The first-order chi connectivity index (χ1) is 13.9. The average molecular weight is 435 g/mol. The molecule has 1 aliphatic rings. The van der Waals surface area contributed by atoms with Crippen LogP contribution in [0.15, 0.2) is 36.4 Å². The molecule has 0 spiro atoms. The highest BCUT2D eigenvalue weighted by Crippen LogP contribution is 2.41. The number of hydrogen-bond donors (Lipinski definition) is 3. The van der Waals surface area contributed by atoms with Crippen molar-refractivity contribution in [3.63, 3.8) is 0 Å². The van der Waals surface area contributed by atoms with E-state index in [1.54, 1.807) is 12.1 Å². The molecule has 1 aliphatic carbocycles. The number of halogens is 1. The van der Waals surface area contributed by atoms with Gasteiger partial charge in [-0.3, -0.25) is 0 Å². The van der Waals surface area contributed by atoms with E-state index in [0.29, 0.717) is 21.7 Å². The predicted octanol–water partition coefficient (Wildman–Crippen LogP) is 5.26. The smallest absolute Gasteiger partial charge is 0.345 e. The SMILES string of the molecule is C[C@@H]1C[C@@H](O)[C@H](/C=C/c2cc(Cl)cc(CO)c2)[C@H]1CCCc1ccc(C(=O)O)s1. The van der Waals surface area contributed by atoms with Gasteiger partial charge in [0.2, 0.25) is 0 Å². The van der Waals surface area contributed by atoms with Gasteiger partial charge < -0.3 is 15.3 Å². The molecule has 29 heavy (non-hydrogen) atoms. The normalized spacial score (nSPS) is 24.4. The van der Waals surface area contributed by atoms with Crippen LogP contribution in [0.2, 0.25) is 5.02 Å². The van der Waals surface area contributed by atoms with Crippen molar-refractivity contribution < 1.29 is 20.1 Å². The van der Waals surface area contributed by atoms with E-state index in [2.05, 4.69) is 13.0 Å². The number of benzene rings is 1. The average Bonchev–Trinajstić information content (AvgIpc) is 3.25. The highest BCUT2D eigenvalue weighted by molar-refractivity contribution is 7.13. The third kappa shape index (κ3) is 5.70. The van der Waals surface area contributed by atoms with Crippen LogP contribution in [0.4, 0.5) is 0 Å². The molecule has 0 aliphatic heterocycles. The van der Waals surface area contributed by atoms with E-state index in [1.165, 1.54) is 11.3 Å². The number of carboxylic acid groups (broad SMARTS) is 1. The van der Waals surface area contributed by atoms with Crippen LogP contribution in [0, 0.1) is 17.8 Å². The lowest BCUT2D eigenvalue weighted by atomic mass is 9.85. The fourth-order valence-electron chi connectivity index (χ4n) is 4.35. The zero-order valence-corrected chi connectivity index (χ0v) is 18.0. The number of aliphatic hydroxyl groups excluding tert-OH is 2. The quantitative estimate of drug-likeness (QED) is 0.529. The van der Waals surface area contributed by atoms with Gasteiger partial charge in [-0.05, 0) is 79.0 Å². The molecule has 6 heteroatoms. The van der Waals surface area contributed by atoms with Gasteiger partial charge in [0.25, 0.3) is 0 Å². The molecule has 156 valence electrons. The molecule has 3 N–H and O–H groups in total. The fraction of sp³-hybridized carbons (Fsp3) is 0.435. The third-order valence-electron chi connectivity index (χ3n) is 5.79. The van der Waals surface area contributed by atoms with Crippen LogP contribution in [0.3, 0.4) is 0 Å². The molecule has 0 unspecified atom stereocenters. The first-order valence-electron chi connectivity index (χ1n) is 9.96. The van der Waals surface area contributed by atoms with Gasteiger partial charge in [0.15, 0.2) is 0 Å². The fourth-order valence-corrected chi connectivity index (χ4v) is 5.50. The van der Waals surface area contributed by atoms with Gasteiger partial charge in [0.1, 0.15) is 4.88 Å². The van der Waals surface area contributed by atoms with E-state index in [0.717, 1.165) is 41.7 Å². The Labute approximate surface area is 180 Å². The summed E-state index contributed by atoms with van der Waals surface area (Å²) in [7, 11) is 0. The Bertz CT molecular complexity index is 876. The van der Waals surface area contributed by atoms with Crippen LogP contribution >= 0.6 is 22.9 Å². The number of thiophene rings is 1. The monoisotopic (exact) mass is 434 g/mol. The maximum atomic E-state index is 11.0. The minimum atomic E-state index is -0.871. The van der Waals surface area contributed by atoms with Crippen LogP contribution in [0.25, 0.3) is 6.08 Å². The summed E-state index contributed by atoms with van der Waals surface area (Å²) in [5.74, 6) is 0.0328. The number of hydrogen-bond acceptors (Lipinski definition) is 4. The van der Waals surface area contributed by atoms with E-state index in [4.69, 9.17) is 16.7 Å². The molecule has 0 saturated heterocycles. The van der Waals surface area contributed by atoms with Crippen molar-refractivity contribution in [2.75, 3.05) is 0 Å². The van der Waals surface area contributed by atoms with Crippen molar-refractivity contribution in [1.29, 1.82) is 0 Å². The molecule has 4 atom stereocenters. The lowest BCUT2D eigenvalue weighted by molar-refractivity contribution is 0.0702. The summed E-state index contributed by atoms with van der Waals surface area (Å²) in [5.41, 5.74) is 1.69. The number of carboxylic acids is 1. The summed E-state index contributed by atoms with van der Waals surface area (Å²) in [4.78, 5) is 12.5. The van der Waals surface area contributed by atoms with Crippen LogP contribution in [-0.4, -0.2) is 27.4 Å². The molecule has 0 radical (unpaired) electrons. The number of rotatable bonds is 8. The summed E-state index contributed by atoms with van der Waals surface area (Å²) in [5, 5.41) is 29.6. The summed E-state index contributed by atoms with van der Waals surface area (Å²) in [6, 6.07) is 9.07. The van der Waals surface area contributed by atoms with Crippen LogP contribution in [0.1, 0.15) is 51.9 Å².